The smallest absolute Gasteiger partial charge is 0.159 e. The van der Waals surface area contributed by atoms with E-state index in [1.807, 2.05) is 41.8 Å². The number of rotatable bonds is 4. The lowest BCUT2D eigenvalue weighted by atomic mass is 9.96. The third-order valence-corrected chi connectivity index (χ3v) is 4.78. The second-order valence-electron chi connectivity index (χ2n) is 6.63. The summed E-state index contributed by atoms with van der Waals surface area (Å²) in [5, 5.41) is 1.06. The van der Waals surface area contributed by atoms with Crippen molar-refractivity contribution in [2.75, 3.05) is 0 Å². The van der Waals surface area contributed by atoms with E-state index in [1.54, 1.807) is 6.08 Å². The molecule has 1 aromatic carbocycles. The maximum Gasteiger partial charge on any atom is 0.159 e. The molecule has 4 heteroatoms. The standard InChI is InChI=1S/C21H21NO3/c1-12(23)9-21-18(15(4)25)10-16(14(3)24)11-20-13(2)17-7-5-6-8-19(17)22(20)21/h5-8,10-11,21H,9H2,1-4H3/t21-/m1/s1. The topological polar surface area (TPSA) is 56.1 Å². The van der Waals surface area contributed by atoms with Gasteiger partial charge in [0.1, 0.15) is 5.78 Å². The van der Waals surface area contributed by atoms with Crippen LogP contribution in [0.1, 0.15) is 44.5 Å². The van der Waals surface area contributed by atoms with Crippen LogP contribution < -0.4 is 0 Å². The Labute approximate surface area is 146 Å². The number of hydrogen-bond acceptors (Lipinski definition) is 3. The van der Waals surface area contributed by atoms with Gasteiger partial charge in [0.25, 0.3) is 0 Å². The molecule has 0 amide bonds. The molecule has 4 nitrogen and oxygen atoms in total. The summed E-state index contributed by atoms with van der Waals surface area (Å²) in [5.41, 5.74) is 3.88. The number of nitrogens with zero attached hydrogens (tertiary/aromatic N) is 1. The molecule has 0 radical (unpaired) electrons. The van der Waals surface area contributed by atoms with Crippen molar-refractivity contribution in [3.05, 3.63) is 52.7 Å². The molecule has 0 unspecified atom stereocenters. The molecule has 1 aliphatic rings. The number of para-hydroxylation sites is 1. The number of Topliss-reactive ketones (excluding diaryl/α,β-unsaturated/α-hetero) is 3. The SMILES string of the molecule is CC(=O)C[C@@H]1C(C(C)=O)=CC(C(C)=O)=Cc2c(C)c3ccccc3n21. The highest BCUT2D eigenvalue weighted by atomic mass is 16.1. The predicted octanol–water partition coefficient (Wildman–Crippen LogP) is 3.97. The van der Waals surface area contributed by atoms with E-state index >= 15 is 0 Å². The molecular weight excluding hydrogens is 314 g/mol. The van der Waals surface area contributed by atoms with Crippen molar-refractivity contribution in [1.29, 1.82) is 0 Å². The lowest BCUT2D eigenvalue weighted by molar-refractivity contribution is -0.117. The molecule has 2 heterocycles. The fourth-order valence-corrected chi connectivity index (χ4v) is 3.57. The lowest BCUT2D eigenvalue weighted by Crippen LogP contribution is -2.19. The van der Waals surface area contributed by atoms with Gasteiger partial charge in [-0.25, -0.2) is 0 Å². The molecule has 25 heavy (non-hydrogen) atoms. The third kappa shape index (κ3) is 2.88. The highest BCUT2D eigenvalue weighted by molar-refractivity contribution is 6.06. The van der Waals surface area contributed by atoms with Gasteiger partial charge in [0.15, 0.2) is 11.6 Å². The second-order valence-corrected chi connectivity index (χ2v) is 6.63. The average molecular weight is 335 g/mol. The van der Waals surface area contributed by atoms with E-state index in [1.165, 1.54) is 20.8 Å². The van der Waals surface area contributed by atoms with Crippen LogP contribution in [0.25, 0.3) is 17.0 Å². The summed E-state index contributed by atoms with van der Waals surface area (Å²) in [5.74, 6) is -0.218. The predicted molar refractivity (Wildman–Crippen MR) is 98.4 cm³/mol. The summed E-state index contributed by atoms with van der Waals surface area (Å²) in [6.45, 7) is 6.51. The molecule has 0 saturated carbocycles. The number of fused-ring (bicyclic) bond motifs is 3. The minimum Gasteiger partial charge on any atom is -0.333 e. The summed E-state index contributed by atoms with van der Waals surface area (Å²) in [6.07, 6.45) is 3.70. The number of aryl methyl sites for hydroxylation is 1. The molecule has 1 aromatic heterocycles. The normalized spacial score (nSPS) is 16.7. The molecule has 128 valence electrons. The van der Waals surface area contributed by atoms with Crippen molar-refractivity contribution in [1.82, 2.24) is 4.57 Å². The first-order valence-electron chi connectivity index (χ1n) is 8.35. The van der Waals surface area contributed by atoms with Gasteiger partial charge in [-0.15, -0.1) is 0 Å². The summed E-state index contributed by atoms with van der Waals surface area (Å²) in [6, 6.07) is 7.51. The molecule has 2 aromatic rings. The van der Waals surface area contributed by atoms with Gasteiger partial charge in [0, 0.05) is 34.2 Å². The minimum absolute atomic E-state index is 0.00445. The maximum absolute atomic E-state index is 12.3. The highest BCUT2D eigenvalue weighted by Gasteiger charge is 2.29. The number of allylic oxidation sites excluding steroid dienone is 3. The third-order valence-electron chi connectivity index (χ3n) is 4.78. The van der Waals surface area contributed by atoms with Gasteiger partial charge in [0.2, 0.25) is 0 Å². The zero-order chi connectivity index (χ0) is 18.3. The van der Waals surface area contributed by atoms with E-state index in [-0.39, 0.29) is 23.8 Å². The zero-order valence-electron chi connectivity index (χ0n) is 14.9. The van der Waals surface area contributed by atoms with Crippen molar-refractivity contribution in [3.8, 4) is 0 Å². The molecule has 0 fully saturated rings. The number of aromatic nitrogens is 1. The van der Waals surface area contributed by atoms with Crippen molar-refractivity contribution < 1.29 is 14.4 Å². The van der Waals surface area contributed by atoms with E-state index in [2.05, 4.69) is 0 Å². The average Bonchev–Trinajstić information content (AvgIpc) is 2.71. The van der Waals surface area contributed by atoms with E-state index < -0.39 is 6.04 Å². The number of ketones is 3. The molecule has 0 bridgehead atoms. The van der Waals surface area contributed by atoms with E-state index in [4.69, 9.17) is 0 Å². The van der Waals surface area contributed by atoms with E-state index in [9.17, 15) is 14.4 Å². The van der Waals surface area contributed by atoms with Crippen molar-refractivity contribution >= 4 is 34.3 Å². The molecule has 0 saturated heterocycles. The second kappa shape index (κ2) is 6.28. The first-order chi connectivity index (χ1) is 11.8. The Hall–Kier alpha value is -2.75. The van der Waals surface area contributed by atoms with Gasteiger partial charge in [-0.3, -0.25) is 14.4 Å². The number of carbonyl (C=O) groups excluding carboxylic acids is 3. The summed E-state index contributed by atoms with van der Waals surface area (Å²) in [7, 11) is 0. The maximum atomic E-state index is 12.3. The van der Waals surface area contributed by atoms with Crippen LogP contribution in [0.2, 0.25) is 0 Å². The van der Waals surface area contributed by atoms with Gasteiger partial charge in [-0.1, -0.05) is 18.2 Å². The van der Waals surface area contributed by atoms with Crippen molar-refractivity contribution in [2.45, 2.75) is 40.2 Å². The Kier molecular flexibility index (Phi) is 4.29. The fourth-order valence-electron chi connectivity index (χ4n) is 3.57. The molecule has 1 aliphatic heterocycles. The van der Waals surface area contributed by atoms with Crippen LogP contribution in [-0.2, 0) is 14.4 Å². The Morgan fingerprint density at radius 2 is 1.68 bits per heavy atom. The van der Waals surface area contributed by atoms with Crippen molar-refractivity contribution in [3.63, 3.8) is 0 Å². The lowest BCUT2D eigenvalue weighted by Gasteiger charge is -2.22. The summed E-state index contributed by atoms with van der Waals surface area (Å²) >= 11 is 0. The number of carbonyl (C=O) groups is 3. The summed E-state index contributed by atoms with van der Waals surface area (Å²) in [4.78, 5) is 36.3. The molecule has 0 aliphatic carbocycles. The Balaban J connectivity index is 2.42. The molecule has 0 spiro atoms. The van der Waals surface area contributed by atoms with Crippen molar-refractivity contribution in [2.24, 2.45) is 0 Å². The van der Waals surface area contributed by atoms with Crippen LogP contribution in [0.5, 0.6) is 0 Å². The Morgan fingerprint density at radius 3 is 2.28 bits per heavy atom. The number of hydrogen-bond donors (Lipinski definition) is 0. The van der Waals surface area contributed by atoms with E-state index in [0.717, 1.165) is 22.2 Å². The van der Waals surface area contributed by atoms with Crippen LogP contribution in [0.4, 0.5) is 0 Å². The largest absolute Gasteiger partial charge is 0.333 e. The highest BCUT2D eigenvalue weighted by Crippen LogP contribution is 2.37. The minimum atomic E-state index is -0.406. The molecular formula is C21H21NO3. The van der Waals surface area contributed by atoms with E-state index in [0.29, 0.717) is 11.1 Å². The fraction of sp³-hybridized carbons (Fsp3) is 0.286. The van der Waals surface area contributed by atoms with Gasteiger partial charge >= 0.3 is 0 Å². The number of benzene rings is 1. The van der Waals surface area contributed by atoms with Crippen LogP contribution in [0.3, 0.4) is 0 Å². The molecule has 1 atom stereocenters. The molecule has 0 N–H and O–H groups in total. The van der Waals surface area contributed by atoms with Crippen LogP contribution in [0.15, 0.2) is 41.5 Å². The van der Waals surface area contributed by atoms with Gasteiger partial charge in [-0.2, -0.15) is 0 Å². The monoisotopic (exact) mass is 335 g/mol. The van der Waals surface area contributed by atoms with Gasteiger partial charge in [0.05, 0.1) is 6.04 Å². The first-order valence-corrected chi connectivity index (χ1v) is 8.35. The molecule has 3 rings (SSSR count). The quantitative estimate of drug-likeness (QED) is 0.849. The zero-order valence-corrected chi connectivity index (χ0v) is 14.9. The Bertz CT molecular complexity index is 972. The first kappa shape index (κ1) is 17.1. The van der Waals surface area contributed by atoms with Crippen LogP contribution in [-0.4, -0.2) is 21.9 Å². The van der Waals surface area contributed by atoms with Crippen LogP contribution >= 0.6 is 0 Å². The van der Waals surface area contributed by atoms with Gasteiger partial charge in [-0.05, 0) is 51.5 Å². The summed E-state index contributed by atoms with van der Waals surface area (Å²) < 4.78 is 2.04. The Morgan fingerprint density at radius 1 is 1.00 bits per heavy atom. The van der Waals surface area contributed by atoms with Gasteiger partial charge < -0.3 is 4.57 Å². The van der Waals surface area contributed by atoms with Crippen LogP contribution in [0, 0.1) is 6.92 Å².